The number of hydrogen-bond donors (Lipinski definition) is 0. The Morgan fingerprint density at radius 1 is 0.333 bits per heavy atom. The normalized spacial score (nSPS) is 11.7. The lowest BCUT2D eigenvalue weighted by molar-refractivity contribution is 0.670. The molecule has 0 spiro atoms. The number of anilines is 3. The largest absolute Gasteiger partial charge is 0.455 e. The minimum absolute atomic E-state index is 0.896. The van der Waals surface area contributed by atoms with Crippen molar-refractivity contribution >= 4 is 82.1 Å². The molecule has 252 valence electrons. The summed E-state index contributed by atoms with van der Waals surface area (Å²) in [7, 11) is 0. The standard InChI is InChI=1S/C52H33NO/c1-2-11-34(12-3-1)45-32-31-44(51-48-17-8-9-20-50(48)54-52(45)51)37-23-26-39(27-24-37)53(40-28-30-43-38(33-40)22-21-35-13-4-6-15-41(35)43)49-19-10-18-46-42-16-7-5-14-36(42)25-29-47(46)49/h1-33H. The van der Waals surface area contributed by atoms with Gasteiger partial charge in [0.15, 0.2) is 0 Å². The van der Waals surface area contributed by atoms with Crippen LogP contribution in [0.1, 0.15) is 0 Å². The van der Waals surface area contributed by atoms with E-state index in [1.165, 1.54) is 43.1 Å². The third-order valence-corrected chi connectivity index (χ3v) is 11.0. The van der Waals surface area contributed by atoms with Crippen molar-refractivity contribution in [2.24, 2.45) is 0 Å². The van der Waals surface area contributed by atoms with Crippen LogP contribution in [0.25, 0.3) is 87.3 Å². The Kier molecular flexibility index (Phi) is 6.90. The first kappa shape index (κ1) is 30.5. The molecule has 0 atom stereocenters. The maximum atomic E-state index is 6.60. The zero-order valence-electron chi connectivity index (χ0n) is 29.4. The minimum atomic E-state index is 0.896. The van der Waals surface area contributed by atoms with E-state index in [9.17, 15) is 0 Å². The maximum absolute atomic E-state index is 6.60. The minimum Gasteiger partial charge on any atom is -0.455 e. The highest BCUT2D eigenvalue weighted by molar-refractivity contribution is 6.17. The Balaban J connectivity index is 1.11. The van der Waals surface area contributed by atoms with Crippen LogP contribution in [0.2, 0.25) is 0 Å². The van der Waals surface area contributed by atoms with Gasteiger partial charge in [0.1, 0.15) is 11.2 Å². The van der Waals surface area contributed by atoms with Crippen LogP contribution in [-0.2, 0) is 0 Å². The third-order valence-electron chi connectivity index (χ3n) is 11.0. The molecule has 0 bridgehead atoms. The predicted octanol–water partition coefficient (Wildman–Crippen LogP) is 15.0. The van der Waals surface area contributed by atoms with E-state index in [4.69, 9.17) is 4.42 Å². The van der Waals surface area contributed by atoms with E-state index in [1.54, 1.807) is 0 Å². The van der Waals surface area contributed by atoms with Crippen molar-refractivity contribution in [3.8, 4) is 22.3 Å². The number of hydrogen-bond acceptors (Lipinski definition) is 2. The molecule has 0 aliphatic heterocycles. The van der Waals surface area contributed by atoms with Crippen molar-refractivity contribution in [3.05, 3.63) is 200 Å². The van der Waals surface area contributed by atoms with Crippen LogP contribution >= 0.6 is 0 Å². The van der Waals surface area contributed by atoms with E-state index in [-0.39, 0.29) is 0 Å². The molecular formula is C52H33NO. The quantitative estimate of drug-likeness (QED) is 0.168. The summed E-state index contributed by atoms with van der Waals surface area (Å²) in [5.74, 6) is 0. The van der Waals surface area contributed by atoms with Gasteiger partial charge in [-0.25, -0.2) is 0 Å². The van der Waals surface area contributed by atoms with Crippen LogP contribution in [0.3, 0.4) is 0 Å². The van der Waals surface area contributed by atoms with Crippen molar-refractivity contribution in [1.82, 2.24) is 0 Å². The average Bonchev–Trinajstić information content (AvgIpc) is 3.64. The van der Waals surface area contributed by atoms with E-state index in [2.05, 4.69) is 199 Å². The molecule has 0 amide bonds. The van der Waals surface area contributed by atoms with Crippen molar-refractivity contribution in [3.63, 3.8) is 0 Å². The van der Waals surface area contributed by atoms with E-state index >= 15 is 0 Å². The van der Waals surface area contributed by atoms with E-state index in [1.807, 2.05) is 6.07 Å². The van der Waals surface area contributed by atoms with Crippen molar-refractivity contribution in [2.75, 3.05) is 4.90 Å². The molecule has 11 rings (SSSR count). The average molecular weight is 688 g/mol. The van der Waals surface area contributed by atoms with Gasteiger partial charge in [0.05, 0.1) is 5.69 Å². The molecule has 2 heteroatoms. The zero-order chi connectivity index (χ0) is 35.6. The summed E-state index contributed by atoms with van der Waals surface area (Å²) in [6.45, 7) is 0. The van der Waals surface area contributed by atoms with Gasteiger partial charge in [0, 0.05) is 33.1 Å². The van der Waals surface area contributed by atoms with Gasteiger partial charge in [0.2, 0.25) is 0 Å². The molecule has 11 aromatic rings. The van der Waals surface area contributed by atoms with Gasteiger partial charge in [-0.1, -0.05) is 158 Å². The number of benzene rings is 10. The van der Waals surface area contributed by atoms with Crippen LogP contribution in [0.4, 0.5) is 17.1 Å². The lowest BCUT2D eigenvalue weighted by Gasteiger charge is -2.28. The monoisotopic (exact) mass is 687 g/mol. The molecule has 2 nitrogen and oxygen atoms in total. The second-order valence-electron chi connectivity index (χ2n) is 14.1. The Labute approximate surface area is 312 Å². The smallest absolute Gasteiger partial charge is 0.143 e. The topological polar surface area (TPSA) is 16.4 Å². The molecule has 10 aromatic carbocycles. The van der Waals surface area contributed by atoms with Crippen molar-refractivity contribution in [2.45, 2.75) is 0 Å². The molecule has 1 aromatic heterocycles. The molecule has 0 N–H and O–H groups in total. The van der Waals surface area contributed by atoms with Crippen molar-refractivity contribution < 1.29 is 4.42 Å². The molecule has 0 aliphatic rings. The molecule has 0 fully saturated rings. The zero-order valence-corrected chi connectivity index (χ0v) is 29.4. The van der Waals surface area contributed by atoms with Gasteiger partial charge in [-0.3, -0.25) is 0 Å². The first-order valence-electron chi connectivity index (χ1n) is 18.5. The molecule has 0 radical (unpaired) electrons. The van der Waals surface area contributed by atoms with E-state index in [0.29, 0.717) is 0 Å². The fourth-order valence-electron chi connectivity index (χ4n) is 8.49. The number of furan rings is 1. The van der Waals surface area contributed by atoms with E-state index < -0.39 is 0 Å². The summed E-state index contributed by atoms with van der Waals surface area (Å²) in [6.07, 6.45) is 0. The SMILES string of the molecule is c1ccc(-c2ccc(-c3ccc(N(c4ccc5c(ccc6ccccc65)c4)c4cccc5c4ccc4ccccc45)cc3)c3c2oc2ccccc23)cc1. The second-order valence-corrected chi connectivity index (χ2v) is 14.1. The second kappa shape index (κ2) is 12.2. The lowest BCUT2D eigenvalue weighted by Crippen LogP contribution is -2.10. The lowest BCUT2D eigenvalue weighted by atomic mass is 9.94. The number of nitrogens with zero attached hydrogens (tertiary/aromatic N) is 1. The molecule has 1 heterocycles. The fraction of sp³-hybridized carbons (Fsp3) is 0. The van der Waals surface area contributed by atoms with Gasteiger partial charge in [-0.2, -0.15) is 0 Å². The highest BCUT2D eigenvalue weighted by Gasteiger charge is 2.20. The van der Waals surface area contributed by atoms with Gasteiger partial charge >= 0.3 is 0 Å². The number of rotatable bonds is 5. The summed E-state index contributed by atoms with van der Waals surface area (Å²) in [5, 5.41) is 12.2. The number of fused-ring (bicyclic) bond motifs is 9. The summed E-state index contributed by atoms with van der Waals surface area (Å²) in [4.78, 5) is 2.41. The molecular weight excluding hydrogens is 655 g/mol. The molecule has 0 unspecified atom stereocenters. The first-order chi connectivity index (χ1) is 26.8. The van der Waals surface area contributed by atoms with Crippen LogP contribution in [0.15, 0.2) is 205 Å². The molecule has 0 aliphatic carbocycles. The van der Waals surface area contributed by atoms with Gasteiger partial charge < -0.3 is 9.32 Å². The number of para-hydroxylation sites is 1. The molecule has 54 heavy (non-hydrogen) atoms. The summed E-state index contributed by atoms with van der Waals surface area (Å²) in [5.41, 5.74) is 9.69. The van der Waals surface area contributed by atoms with E-state index in [0.717, 1.165) is 61.3 Å². The van der Waals surface area contributed by atoms with Gasteiger partial charge in [-0.05, 0) is 96.9 Å². The highest BCUT2D eigenvalue weighted by atomic mass is 16.3. The molecule has 0 saturated heterocycles. The Bertz CT molecular complexity index is 3210. The third kappa shape index (κ3) is 4.81. The Morgan fingerprint density at radius 3 is 1.72 bits per heavy atom. The fourth-order valence-corrected chi connectivity index (χ4v) is 8.49. The van der Waals surface area contributed by atoms with Crippen LogP contribution < -0.4 is 4.90 Å². The summed E-state index contributed by atoms with van der Waals surface area (Å²) < 4.78 is 6.60. The molecule has 0 saturated carbocycles. The van der Waals surface area contributed by atoms with Crippen LogP contribution in [0, 0.1) is 0 Å². The van der Waals surface area contributed by atoms with Crippen LogP contribution in [-0.4, -0.2) is 0 Å². The van der Waals surface area contributed by atoms with Gasteiger partial charge in [0.25, 0.3) is 0 Å². The summed E-state index contributed by atoms with van der Waals surface area (Å²) >= 11 is 0. The Morgan fingerprint density at radius 2 is 0.907 bits per heavy atom. The maximum Gasteiger partial charge on any atom is 0.143 e. The first-order valence-corrected chi connectivity index (χ1v) is 18.5. The highest BCUT2D eigenvalue weighted by Crippen LogP contribution is 2.45. The van der Waals surface area contributed by atoms with Crippen LogP contribution in [0.5, 0.6) is 0 Å². The Hall–Kier alpha value is -7.16. The predicted molar refractivity (Wildman–Crippen MR) is 229 cm³/mol. The van der Waals surface area contributed by atoms with Crippen molar-refractivity contribution in [1.29, 1.82) is 0 Å². The summed E-state index contributed by atoms with van der Waals surface area (Å²) in [6, 6.07) is 72.3. The van der Waals surface area contributed by atoms with Gasteiger partial charge in [-0.15, -0.1) is 0 Å².